The third-order valence-electron chi connectivity index (χ3n) is 2.84. The molecule has 0 aliphatic carbocycles. The van der Waals surface area contributed by atoms with E-state index in [4.69, 9.17) is 0 Å². The Bertz CT molecular complexity index is 552. The van der Waals surface area contributed by atoms with Gasteiger partial charge in [-0.2, -0.15) is 0 Å². The van der Waals surface area contributed by atoms with Crippen LogP contribution in [0.4, 0.5) is 11.5 Å². The number of anilines is 2. The normalized spacial score (nSPS) is 10.7. The van der Waals surface area contributed by atoms with Crippen LogP contribution in [-0.2, 0) is 0 Å². The van der Waals surface area contributed by atoms with E-state index in [0.29, 0.717) is 5.92 Å². The van der Waals surface area contributed by atoms with Crippen LogP contribution in [0.2, 0.25) is 0 Å². The Morgan fingerprint density at radius 2 is 2.06 bits per heavy atom. The number of hydrogen-bond acceptors (Lipinski definition) is 3. The average molecular weight is 353 g/mol. The first kappa shape index (κ1) is 13.3. The van der Waals surface area contributed by atoms with Gasteiger partial charge in [0.15, 0.2) is 0 Å². The molecule has 0 amide bonds. The van der Waals surface area contributed by atoms with Crippen LogP contribution in [0.15, 0.2) is 30.7 Å². The van der Waals surface area contributed by atoms with Crippen LogP contribution in [0.3, 0.4) is 0 Å². The topological polar surface area (TPSA) is 37.8 Å². The zero-order valence-electron chi connectivity index (χ0n) is 10.7. The highest BCUT2D eigenvalue weighted by molar-refractivity contribution is 14.1. The van der Waals surface area contributed by atoms with Crippen LogP contribution < -0.4 is 5.32 Å². The molecule has 0 spiro atoms. The van der Waals surface area contributed by atoms with Gasteiger partial charge < -0.3 is 5.32 Å². The van der Waals surface area contributed by atoms with E-state index >= 15 is 0 Å². The molecule has 0 unspecified atom stereocenters. The monoisotopic (exact) mass is 353 g/mol. The molecule has 1 heterocycles. The lowest BCUT2D eigenvalue weighted by Crippen LogP contribution is -2.03. The summed E-state index contributed by atoms with van der Waals surface area (Å²) in [7, 11) is 0. The first-order valence-corrected chi connectivity index (χ1v) is 6.99. The van der Waals surface area contributed by atoms with Gasteiger partial charge in [0.25, 0.3) is 0 Å². The molecule has 0 fully saturated rings. The smallest absolute Gasteiger partial charge is 0.147 e. The second-order valence-corrected chi connectivity index (χ2v) is 5.70. The summed E-state index contributed by atoms with van der Waals surface area (Å²) in [5.41, 5.74) is 3.70. The molecule has 2 rings (SSSR count). The highest BCUT2D eigenvalue weighted by Gasteiger charge is 2.10. The number of aromatic nitrogens is 2. The Hall–Kier alpha value is -1.17. The van der Waals surface area contributed by atoms with Crippen molar-refractivity contribution in [3.05, 3.63) is 45.4 Å². The maximum absolute atomic E-state index is 4.29. The zero-order chi connectivity index (χ0) is 13.1. The van der Waals surface area contributed by atoms with E-state index in [-0.39, 0.29) is 0 Å². The number of benzene rings is 1. The molecule has 0 saturated heterocycles. The van der Waals surface area contributed by atoms with E-state index < -0.39 is 0 Å². The van der Waals surface area contributed by atoms with Gasteiger partial charge in [0.2, 0.25) is 0 Å². The van der Waals surface area contributed by atoms with E-state index in [0.717, 1.165) is 15.1 Å². The summed E-state index contributed by atoms with van der Waals surface area (Å²) >= 11 is 2.24. The van der Waals surface area contributed by atoms with Crippen molar-refractivity contribution in [3.63, 3.8) is 0 Å². The van der Waals surface area contributed by atoms with Crippen molar-refractivity contribution in [1.82, 2.24) is 9.97 Å². The van der Waals surface area contributed by atoms with Crippen LogP contribution in [0.25, 0.3) is 0 Å². The SMILES string of the molecule is Cc1cccc(C(C)C)c1Nc1ncncc1I. The predicted octanol–water partition coefficient (Wildman–Crippen LogP) is 4.26. The predicted molar refractivity (Wildman–Crippen MR) is 83.3 cm³/mol. The largest absolute Gasteiger partial charge is 0.339 e. The van der Waals surface area contributed by atoms with Crippen molar-refractivity contribution in [2.45, 2.75) is 26.7 Å². The second kappa shape index (κ2) is 5.65. The molecule has 0 saturated carbocycles. The fourth-order valence-corrected chi connectivity index (χ4v) is 2.30. The number of nitrogens with one attached hydrogen (secondary N) is 1. The lowest BCUT2D eigenvalue weighted by molar-refractivity contribution is 0.867. The van der Waals surface area contributed by atoms with Crippen LogP contribution in [0, 0.1) is 10.5 Å². The maximum Gasteiger partial charge on any atom is 0.147 e. The Balaban J connectivity index is 2.43. The minimum absolute atomic E-state index is 0.479. The van der Waals surface area contributed by atoms with Crippen LogP contribution in [-0.4, -0.2) is 9.97 Å². The minimum Gasteiger partial charge on any atom is -0.339 e. The number of halogens is 1. The van der Waals surface area contributed by atoms with Crippen molar-refractivity contribution >= 4 is 34.1 Å². The molecule has 4 heteroatoms. The molecular weight excluding hydrogens is 337 g/mol. The summed E-state index contributed by atoms with van der Waals surface area (Å²) in [6, 6.07) is 6.37. The first-order chi connectivity index (χ1) is 8.59. The van der Waals surface area contributed by atoms with Crippen molar-refractivity contribution in [3.8, 4) is 0 Å². The third-order valence-corrected chi connectivity index (χ3v) is 3.63. The molecule has 0 aliphatic rings. The first-order valence-electron chi connectivity index (χ1n) is 5.91. The Morgan fingerprint density at radius 1 is 1.28 bits per heavy atom. The molecule has 1 aromatic carbocycles. The summed E-state index contributed by atoms with van der Waals surface area (Å²) in [5, 5.41) is 3.43. The third kappa shape index (κ3) is 2.80. The summed E-state index contributed by atoms with van der Waals surface area (Å²) in [4.78, 5) is 8.29. The van der Waals surface area contributed by atoms with E-state index in [1.165, 1.54) is 11.1 Å². The van der Waals surface area contributed by atoms with Crippen molar-refractivity contribution in [2.75, 3.05) is 5.32 Å². The highest BCUT2D eigenvalue weighted by atomic mass is 127. The molecular formula is C14H16IN3. The average Bonchev–Trinajstić information content (AvgIpc) is 2.34. The van der Waals surface area contributed by atoms with Crippen molar-refractivity contribution in [2.24, 2.45) is 0 Å². The lowest BCUT2D eigenvalue weighted by atomic mass is 9.98. The molecule has 3 nitrogen and oxygen atoms in total. The minimum atomic E-state index is 0.479. The maximum atomic E-state index is 4.29. The Labute approximate surface area is 121 Å². The molecule has 0 aliphatic heterocycles. The Morgan fingerprint density at radius 3 is 2.72 bits per heavy atom. The quantitative estimate of drug-likeness (QED) is 0.838. The van der Waals surface area contributed by atoms with Gasteiger partial charge in [0.1, 0.15) is 12.1 Å². The van der Waals surface area contributed by atoms with Gasteiger partial charge in [-0.05, 0) is 46.6 Å². The number of para-hydroxylation sites is 1. The number of hydrogen-bond donors (Lipinski definition) is 1. The van der Waals surface area contributed by atoms with Gasteiger partial charge in [-0.3, -0.25) is 0 Å². The lowest BCUT2D eigenvalue weighted by Gasteiger charge is -2.17. The summed E-state index contributed by atoms with van der Waals surface area (Å²) in [6.45, 7) is 6.51. The van der Waals surface area contributed by atoms with E-state index in [2.05, 4.69) is 76.8 Å². The molecule has 18 heavy (non-hydrogen) atoms. The number of rotatable bonds is 3. The van der Waals surface area contributed by atoms with Gasteiger partial charge >= 0.3 is 0 Å². The molecule has 0 bridgehead atoms. The highest BCUT2D eigenvalue weighted by Crippen LogP contribution is 2.30. The zero-order valence-corrected chi connectivity index (χ0v) is 12.9. The summed E-state index contributed by atoms with van der Waals surface area (Å²) in [5.74, 6) is 1.34. The molecule has 0 atom stereocenters. The second-order valence-electron chi connectivity index (χ2n) is 4.54. The molecule has 2 aromatic rings. The summed E-state index contributed by atoms with van der Waals surface area (Å²) in [6.07, 6.45) is 3.38. The van der Waals surface area contributed by atoms with Gasteiger partial charge in [-0.25, -0.2) is 9.97 Å². The summed E-state index contributed by atoms with van der Waals surface area (Å²) < 4.78 is 1.02. The van der Waals surface area contributed by atoms with Gasteiger partial charge in [-0.15, -0.1) is 0 Å². The van der Waals surface area contributed by atoms with E-state index in [1.807, 2.05) is 6.20 Å². The molecule has 1 aromatic heterocycles. The van der Waals surface area contributed by atoms with Crippen LogP contribution in [0.1, 0.15) is 30.9 Å². The fraction of sp³-hybridized carbons (Fsp3) is 0.286. The van der Waals surface area contributed by atoms with Crippen LogP contribution in [0.5, 0.6) is 0 Å². The van der Waals surface area contributed by atoms with Crippen LogP contribution >= 0.6 is 22.6 Å². The fourth-order valence-electron chi connectivity index (χ4n) is 1.87. The van der Waals surface area contributed by atoms with Crippen molar-refractivity contribution in [1.29, 1.82) is 0 Å². The number of aryl methyl sites for hydroxylation is 1. The molecule has 94 valence electrons. The van der Waals surface area contributed by atoms with Gasteiger partial charge in [-0.1, -0.05) is 32.0 Å². The van der Waals surface area contributed by atoms with E-state index in [1.54, 1.807) is 6.33 Å². The number of nitrogens with zero attached hydrogens (tertiary/aromatic N) is 2. The van der Waals surface area contributed by atoms with E-state index in [9.17, 15) is 0 Å². The standard InChI is InChI=1S/C14H16IN3/c1-9(2)11-6-4-5-10(3)13(11)18-14-12(15)7-16-8-17-14/h4-9H,1-3H3,(H,16,17,18). The molecule has 0 radical (unpaired) electrons. The molecule has 1 N–H and O–H groups in total. The van der Waals surface area contributed by atoms with Crippen molar-refractivity contribution < 1.29 is 0 Å². The Kier molecular flexibility index (Phi) is 4.16. The van der Waals surface area contributed by atoms with Gasteiger partial charge in [0, 0.05) is 11.9 Å². The van der Waals surface area contributed by atoms with Gasteiger partial charge in [0.05, 0.1) is 3.57 Å².